The van der Waals surface area contributed by atoms with Crippen molar-refractivity contribution in [1.82, 2.24) is 9.97 Å². The zero-order chi connectivity index (χ0) is 15.2. The van der Waals surface area contributed by atoms with Crippen LogP contribution in [0.4, 0.5) is 5.95 Å². The number of nitrogens with zero attached hydrogens (tertiary/aromatic N) is 2. The van der Waals surface area contributed by atoms with Gasteiger partial charge in [-0.25, -0.2) is 4.98 Å². The summed E-state index contributed by atoms with van der Waals surface area (Å²) in [4.78, 5) is 8.55. The van der Waals surface area contributed by atoms with Crippen LogP contribution in [0.25, 0.3) is 0 Å². The Balaban J connectivity index is 2.65. The molecule has 0 amide bonds. The molecule has 0 aliphatic heterocycles. The molecule has 1 aromatic rings. The summed E-state index contributed by atoms with van der Waals surface area (Å²) in [5.74, 6) is 0.991. The highest BCUT2D eigenvalue weighted by Crippen LogP contribution is 2.15. The van der Waals surface area contributed by atoms with Crippen LogP contribution in [-0.2, 0) is 4.74 Å². The minimum absolute atomic E-state index is 0.0574. The Kier molecular flexibility index (Phi) is 6.16. The van der Waals surface area contributed by atoms with Gasteiger partial charge in [-0.2, -0.15) is 4.98 Å². The van der Waals surface area contributed by atoms with Crippen LogP contribution in [0, 0.1) is 6.92 Å². The topological polar surface area (TPSA) is 76.5 Å². The number of aromatic nitrogens is 2. The van der Waals surface area contributed by atoms with E-state index < -0.39 is 5.60 Å². The molecule has 1 rings (SSSR count). The lowest BCUT2D eigenvalue weighted by atomic mass is 10.0. The summed E-state index contributed by atoms with van der Waals surface area (Å²) in [5.41, 5.74) is -0.0583. The first-order chi connectivity index (χ1) is 9.32. The van der Waals surface area contributed by atoms with Gasteiger partial charge in [0.25, 0.3) is 0 Å². The monoisotopic (exact) mass is 283 g/mol. The van der Waals surface area contributed by atoms with Crippen molar-refractivity contribution in [3.63, 3.8) is 0 Å². The van der Waals surface area contributed by atoms with Crippen LogP contribution in [0.5, 0.6) is 5.88 Å². The van der Waals surface area contributed by atoms with E-state index in [1.807, 2.05) is 20.8 Å². The van der Waals surface area contributed by atoms with Crippen molar-refractivity contribution in [3.05, 3.63) is 11.8 Å². The molecule has 1 unspecified atom stereocenters. The second-order valence-electron chi connectivity index (χ2n) is 5.43. The van der Waals surface area contributed by atoms with Gasteiger partial charge >= 0.3 is 0 Å². The molecule has 6 heteroatoms. The number of methoxy groups -OCH3 is 1. The largest absolute Gasteiger partial charge is 0.475 e. The number of hydrogen-bond donors (Lipinski definition) is 2. The molecule has 1 atom stereocenters. The van der Waals surface area contributed by atoms with Gasteiger partial charge in [0.05, 0.1) is 11.7 Å². The van der Waals surface area contributed by atoms with E-state index in [1.54, 1.807) is 20.1 Å². The Morgan fingerprint density at radius 1 is 1.40 bits per heavy atom. The first kappa shape index (κ1) is 16.7. The van der Waals surface area contributed by atoms with Crippen LogP contribution < -0.4 is 10.1 Å². The Morgan fingerprint density at radius 3 is 2.70 bits per heavy atom. The third-order valence-corrected chi connectivity index (χ3v) is 2.66. The number of aliphatic hydroxyl groups is 1. The van der Waals surface area contributed by atoms with Crippen LogP contribution in [0.3, 0.4) is 0 Å². The van der Waals surface area contributed by atoms with Crippen LogP contribution >= 0.6 is 0 Å². The molecule has 1 aromatic heterocycles. The standard InChI is InChI=1S/C14H25N3O3/c1-10(2)20-12-8-11(3)16-13(17-12)15-9-14(4,18)6-7-19-5/h8,10,18H,6-7,9H2,1-5H3,(H,15,16,17). The molecule has 0 aromatic carbocycles. The fourth-order valence-corrected chi connectivity index (χ4v) is 1.60. The van der Waals surface area contributed by atoms with Gasteiger partial charge in [0.2, 0.25) is 11.8 Å². The van der Waals surface area contributed by atoms with Gasteiger partial charge in [0.1, 0.15) is 0 Å². The van der Waals surface area contributed by atoms with Crippen molar-refractivity contribution in [3.8, 4) is 5.88 Å². The second kappa shape index (κ2) is 7.40. The molecule has 0 saturated carbocycles. The predicted octanol–water partition coefficient (Wildman–Crippen LogP) is 1.77. The van der Waals surface area contributed by atoms with E-state index in [0.717, 1.165) is 5.69 Å². The first-order valence-electron chi connectivity index (χ1n) is 6.80. The van der Waals surface area contributed by atoms with Crippen LogP contribution in [0.1, 0.15) is 32.9 Å². The molecule has 2 N–H and O–H groups in total. The lowest BCUT2D eigenvalue weighted by molar-refractivity contribution is 0.0356. The second-order valence-corrected chi connectivity index (χ2v) is 5.43. The van der Waals surface area contributed by atoms with Gasteiger partial charge in [0.15, 0.2) is 0 Å². The van der Waals surface area contributed by atoms with Crippen molar-refractivity contribution in [2.24, 2.45) is 0 Å². The highest BCUT2D eigenvalue weighted by atomic mass is 16.5. The molecule has 0 fully saturated rings. The zero-order valence-corrected chi connectivity index (χ0v) is 12.9. The summed E-state index contributed by atoms with van der Waals surface area (Å²) < 4.78 is 10.5. The van der Waals surface area contributed by atoms with E-state index >= 15 is 0 Å². The number of nitrogens with one attached hydrogen (secondary N) is 1. The van der Waals surface area contributed by atoms with E-state index in [0.29, 0.717) is 31.4 Å². The third kappa shape index (κ3) is 6.16. The molecular formula is C14H25N3O3. The number of hydrogen-bond acceptors (Lipinski definition) is 6. The minimum atomic E-state index is -0.873. The van der Waals surface area contributed by atoms with Gasteiger partial charge in [-0.05, 0) is 27.7 Å². The van der Waals surface area contributed by atoms with Gasteiger partial charge in [-0.15, -0.1) is 0 Å². The fourth-order valence-electron chi connectivity index (χ4n) is 1.60. The van der Waals surface area contributed by atoms with E-state index in [2.05, 4.69) is 15.3 Å². The average Bonchev–Trinajstić information content (AvgIpc) is 2.33. The molecule has 0 spiro atoms. The number of ether oxygens (including phenoxy) is 2. The molecule has 0 saturated heterocycles. The predicted molar refractivity (Wildman–Crippen MR) is 78.1 cm³/mol. The maximum absolute atomic E-state index is 10.2. The highest BCUT2D eigenvalue weighted by Gasteiger charge is 2.20. The maximum atomic E-state index is 10.2. The molecule has 114 valence electrons. The normalized spacial score (nSPS) is 14.2. The Morgan fingerprint density at radius 2 is 2.10 bits per heavy atom. The molecular weight excluding hydrogens is 258 g/mol. The number of anilines is 1. The highest BCUT2D eigenvalue weighted by molar-refractivity contribution is 5.31. The van der Waals surface area contributed by atoms with Crippen LogP contribution in [0.15, 0.2) is 6.07 Å². The first-order valence-corrected chi connectivity index (χ1v) is 6.80. The Bertz CT molecular complexity index is 422. The maximum Gasteiger partial charge on any atom is 0.226 e. The SMILES string of the molecule is COCCC(C)(O)CNc1nc(C)cc(OC(C)C)n1. The molecule has 0 aliphatic rings. The summed E-state index contributed by atoms with van der Waals surface area (Å²) in [6, 6.07) is 1.79. The summed E-state index contributed by atoms with van der Waals surface area (Å²) in [6.45, 7) is 8.37. The lowest BCUT2D eigenvalue weighted by Crippen LogP contribution is -2.35. The average molecular weight is 283 g/mol. The van der Waals surface area contributed by atoms with Crippen molar-refractivity contribution in [1.29, 1.82) is 0 Å². The third-order valence-electron chi connectivity index (χ3n) is 2.66. The summed E-state index contributed by atoms with van der Waals surface area (Å²) in [5, 5.41) is 13.2. The van der Waals surface area contributed by atoms with E-state index in [1.165, 1.54) is 0 Å². The van der Waals surface area contributed by atoms with Gasteiger partial charge in [0, 0.05) is 38.4 Å². The van der Waals surface area contributed by atoms with Crippen LogP contribution in [0.2, 0.25) is 0 Å². The quantitative estimate of drug-likeness (QED) is 0.757. The Labute approximate surface area is 120 Å². The van der Waals surface area contributed by atoms with Crippen LogP contribution in [-0.4, -0.2) is 47.0 Å². The summed E-state index contributed by atoms with van der Waals surface area (Å²) in [6.07, 6.45) is 0.597. The van der Waals surface area contributed by atoms with E-state index in [-0.39, 0.29) is 6.10 Å². The minimum Gasteiger partial charge on any atom is -0.475 e. The number of aryl methyl sites for hydroxylation is 1. The molecule has 0 bridgehead atoms. The number of rotatable bonds is 8. The molecule has 20 heavy (non-hydrogen) atoms. The molecule has 0 radical (unpaired) electrons. The lowest BCUT2D eigenvalue weighted by Gasteiger charge is -2.23. The summed E-state index contributed by atoms with van der Waals surface area (Å²) >= 11 is 0. The smallest absolute Gasteiger partial charge is 0.226 e. The Hall–Kier alpha value is -1.40. The van der Waals surface area contributed by atoms with Gasteiger partial charge < -0.3 is 19.9 Å². The van der Waals surface area contributed by atoms with Gasteiger partial charge in [-0.1, -0.05) is 0 Å². The summed E-state index contributed by atoms with van der Waals surface area (Å²) in [7, 11) is 1.61. The molecule has 0 aliphatic carbocycles. The van der Waals surface area contributed by atoms with Crippen molar-refractivity contribution in [2.75, 3.05) is 25.6 Å². The van der Waals surface area contributed by atoms with E-state index in [4.69, 9.17) is 9.47 Å². The van der Waals surface area contributed by atoms with Gasteiger partial charge in [-0.3, -0.25) is 0 Å². The van der Waals surface area contributed by atoms with Crippen molar-refractivity contribution in [2.45, 2.75) is 45.8 Å². The van der Waals surface area contributed by atoms with Crippen molar-refractivity contribution < 1.29 is 14.6 Å². The van der Waals surface area contributed by atoms with E-state index in [9.17, 15) is 5.11 Å². The zero-order valence-electron chi connectivity index (χ0n) is 12.9. The molecule has 6 nitrogen and oxygen atoms in total. The fraction of sp³-hybridized carbons (Fsp3) is 0.714. The molecule has 1 heterocycles. The van der Waals surface area contributed by atoms with Crippen molar-refractivity contribution >= 4 is 5.95 Å².